The quantitative estimate of drug-likeness (QED) is 0.822. The largest absolute Gasteiger partial charge is 0.496 e. The van der Waals surface area contributed by atoms with Crippen LogP contribution in [0.15, 0.2) is 40.9 Å². The van der Waals surface area contributed by atoms with E-state index in [0.717, 1.165) is 5.56 Å². The number of aryl methyl sites for hydroxylation is 1. The number of benzene rings is 2. The van der Waals surface area contributed by atoms with E-state index in [4.69, 9.17) is 9.47 Å². The van der Waals surface area contributed by atoms with E-state index in [1.54, 1.807) is 43.5 Å². The first-order valence-corrected chi connectivity index (χ1v) is 7.59. The van der Waals surface area contributed by atoms with Crippen molar-refractivity contribution < 1.29 is 19.1 Å². The van der Waals surface area contributed by atoms with Crippen molar-refractivity contribution in [2.75, 3.05) is 19.5 Å². The van der Waals surface area contributed by atoms with Gasteiger partial charge in [0.1, 0.15) is 5.75 Å². The van der Waals surface area contributed by atoms with Crippen molar-refractivity contribution in [1.82, 2.24) is 0 Å². The van der Waals surface area contributed by atoms with Gasteiger partial charge in [-0.25, -0.2) is 4.79 Å². The molecule has 120 valence electrons. The van der Waals surface area contributed by atoms with Gasteiger partial charge in [-0.15, -0.1) is 0 Å². The van der Waals surface area contributed by atoms with Gasteiger partial charge in [0.25, 0.3) is 5.91 Å². The number of halogens is 1. The summed E-state index contributed by atoms with van der Waals surface area (Å²) in [6.07, 6.45) is 0. The molecule has 23 heavy (non-hydrogen) atoms. The lowest BCUT2D eigenvalue weighted by atomic mass is 10.1. The Morgan fingerprint density at radius 3 is 2.35 bits per heavy atom. The highest BCUT2D eigenvalue weighted by atomic mass is 79.9. The van der Waals surface area contributed by atoms with Crippen LogP contribution in [0.3, 0.4) is 0 Å². The van der Waals surface area contributed by atoms with E-state index >= 15 is 0 Å². The average Bonchev–Trinajstić information content (AvgIpc) is 2.55. The molecule has 0 spiro atoms. The van der Waals surface area contributed by atoms with Gasteiger partial charge in [-0.05, 0) is 58.7 Å². The summed E-state index contributed by atoms with van der Waals surface area (Å²) in [5, 5.41) is 2.80. The predicted molar refractivity (Wildman–Crippen MR) is 91.2 cm³/mol. The molecule has 0 unspecified atom stereocenters. The molecule has 2 aromatic rings. The van der Waals surface area contributed by atoms with Crippen LogP contribution < -0.4 is 10.1 Å². The number of hydrogen-bond donors (Lipinski definition) is 1. The molecular formula is C17H16BrNO4. The molecule has 0 fully saturated rings. The van der Waals surface area contributed by atoms with Crippen LogP contribution in [-0.4, -0.2) is 26.1 Å². The van der Waals surface area contributed by atoms with E-state index < -0.39 is 5.97 Å². The van der Waals surface area contributed by atoms with Crippen LogP contribution in [0.5, 0.6) is 5.75 Å². The maximum Gasteiger partial charge on any atom is 0.337 e. The lowest BCUT2D eigenvalue weighted by Gasteiger charge is -2.11. The zero-order chi connectivity index (χ0) is 17.0. The fraction of sp³-hybridized carbons (Fsp3) is 0.176. The summed E-state index contributed by atoms with van der Waals surface area (Å²) < 4.78 is 10.5. The van der Waals surface area contributed by atoms with Gasteiger partial charge in [0.2, 0.25) is 0 Å². The monoisotopic (exact) mass is 377 g/mol. The van der Waals surface area contributed by atoms with Crippen molar-refractivity contribution in [3.8, 4) is 5.75 Å². The summed E-state index contributed by atoms with van der Waals surface area (Å²) in [5.41, 5.74) is 2.26. The molecule has 1 amide bonds. The highest BCUT2D eigenvalue weighted by Crippen LogP contribution is 2.26. The van der Waals surface area contributed by atoms with Crippen LogP contribution in [0.2, 0.25) is 0 Å². The minimum absolute atomic E-state index is 0.279. The minimum Gasteiger partial charge on any atom is -0.496 e. The molecule has 0 aliphatic carbocycles. The lowest BCUT2D eigenvalue weighted by molar-refractivity contribution is 0.0600. The number of esters is 1. The second kappa shape index (κ2) is 7.28. The van der Waals surface area contributed by atoms with E-state index in [0.29, 0.717) is 27.0 Å². The molecule has 0 aliphatic heterocycles. The smallest absolute Gasteiger partial charge is 0.337 e. The van der Waals surface area contributed by atoms with Crippen molar-refractivity contribution in [3.63, 3.8) is 0 Å². The zero-order valence-corrected chi connectivity index (χ0v) is 14.6. The number of nitrogens with one attached hydrogen (secondary N) is 1. The Morgan fingerprint density at radius 2 is 1.74 bits per heavy atom. The molecule has 0 bridgehead atoms. The van der Waals surface area contributed by atoms with Crippen molar-refractivity contribution >= 4 is 33.5 Å². The van der Waals surface area contributed by atoms with E-state index in [9.17, 15) is 9.59 Å². The summed E-state index contributed by atoms with van der Waals surface area (Å²) >= 11 is 3.35. The molecule has 6 heteroatoms. The predicted octanol–water partition coefficient (Wildman–Crippen LogP) is 3.81. The molecule has 2 aromatic carbocycles. The number of carbonyl (C=O) groups is 2. The Morgan fingerprint density at radius 1 is 1.04 bits per heavy atom. The molecule has 1 N–H and O–H groups in total. The molecule has 0 saturated heterocycles. The summed E-state index contributed by atoms with van der Waals surface area (Å²) in [4.78, 5) is 24.0. The summed E-state index contributed by atoms with van der Waals surface area (Å²) in [5.74, 6) is -0.0865. The number of methoxy groups -OCH3 is 2. The van der Waals surface area contributed by atoms with Gasteiger partial charge in [0.15, 0.2) is 0 Å². The van der Waals surface area contributed by atoms with Crippen LogP contribution in [0.25, 0.3) is 0 Å². The highest BCUT2D eigenvalue weighted by Gasteiger charge is 2.13. The Bertz CT molecular complexity index is 758. The molecule has 0 aliphatic rings. The first kappa shape index (κ1) is 17.0. The van der Waals surface area contributed by atoms with Gasteiger partial charge >= 0.3 is 5.97 Å². The van der Waals surface area contributed by atoms with Crippen LogP contribution in [0, 0.1) is 6.92 Å². The lowest BCUT2D eigenvalue weighted by Crippen LogP contribution is -2.13. The van der Waals surface area contributed by atoms with Gasteiger partial charge in [-0.3, -0.25) is 4.79 Å². The molecule has 0 heterocycles. The van der Waals surface area contributed by atoms with Gasteiger partial charge in [0, 0.05) is 11.3 Å². The average molecular weight is 378 g/mol. The van der Waals surface area contributed by atoms with Crippen LogP contribution in [-0.2, 0) is 4.74 Å². The number of hydrogen-bond acceptors (Lipinski definition) is 4. The SMILES string of the molecule is COC(=O)c1ccc(C)c(NC(=O)c2ccc(OC)c(Br)c2)c1. The minimum atomic E-state index is -0.451. The zero-order valence-electron chi connectivity index (χ0n) is 13.0. The summed E-state index contributed by atoms with van der Waals surface area (Å²) in [7, 11) is 2.87. The van der Waals surface area contributed by atoms with Crippen molar-refractivity contribution in [1.29, 1.82) is 0 Å². The van der Waals surface area contributed by atoms with Gasteiger partial charge in [-0.1, -0.05) is 6.07 Å². The van der Waals surface area contributed by atoms with Crippen molar-refractivity contribution in [2.24, 2.45) is 0 Å². The molecule has 0 radical (unpaired) electrons. The van der Waals surface area contributed by atoms with Crippen LogP contribution in [0.4, 0.5) is 5.69 Å². The normalized spacial score (nSPS) is 10.1. The first-order chi connectivity index (χ1) is 11.0. The number of anilines is 1. The highest BCUT2D eigenvalue weighted by molar-refractivity contribution is 9.10. The van der Waals surface area contributed by atoms with Crippen molar-refractivity contribution in [3.05, 3.63) is 57.6 Å². The third-order valence-corrected chi connectivity index (χ3v) is 3.94. The van der Waals surface area contributed by atoms with Gasteiger partial charge < -0.3 is 14.8 Å². The molecule has 2 rings (SSSR count). The maximum atomic E-state index is 12.4. The standard InChI is InChI=1S/C17H16BrNO4/c1-10-4-5-12(17(21)23-3)9-14(10)19-16(20)11-6-7-15(22-2)13(18)8-11/h4-9H,1-3H3,(H,19,20). The summed E-state index contributed by atoms with van der Waals surface area (Å²) in [6.45, 7) is 1.85. The van der Waals surface area contributed by atoms with E-state index in [1.807, 2.05) is 6.92 Å². The Balaban J connectivity index is 2.26. The van der Waals surface area contributed by atoms with Gasteiger partial charge in [-0.2, -0.15) is 0 Å². The summed E-state index contributed by atoms with van der Waals surface area (Å²) in [6, 6.07) is 10.0. The van der Waals surface area contributed by atoms with Crippen molar-refractivity contribution in [2.45, 2.75) is 6.92 Å². The Kier molecular flexibility index (Phi) is 5.39. The van der Waals surface area contributed by atoms with Crippen LogP contribution >= 0.6 is 15.9 Å². The van der Waals surface area contributed by atoms with E-state index in [-0.39, 0.29) is 5.91 Å². The Labute approximate surface area is 142 Å². The molecule has 0 atom stereocenters. The number of carbonyl (C=O) groups excluding carboxylic acids is 2. The van der Waals surface area contributed by atoms with E-state index in [1.165, 1.54) is 7.11 Å². The second-order valence-corrected chi connectivity index (χ2v) is 5.68. The van der Waals surface area contributed by atoms with Crippen LogP contribution in [0.1, 0.15) is 26.3 Å². The molecule has 5 nitrogen and oxygen atoms in total. The fourth-order valence-corrected chi connectivity index (χ4v) is 2.54. The first-order valence-electron chi connectivity index (χ1n) is 6.80. The third-order valence-electron chi connectivity index (χ3n) is 3.32. The second-order valence-electron chi connectivity index (χ2n) is 4.82. The molecule has 0 saturated carbocycles. The fourth-order valence-electron chi connectivity index (χ4n) is 2.00. The topological polar surface area (TPSA) is 64.6 Å². The Hall–Kier alpha value is -2.34. The maximum absolute atomic E-state index is 12.4. The third kappa shape index (κ3) is 3.90. The van der Waals surface area contributed by atoms with Gasteiger partial charge in [0.05, 0.1) is 24.3 Å². The number of amides is 1. The number of rotatable bonds is 4. The van der Waals surface area contributed by atoms with E-state index in [2.05, 4.69) is 21.2 Å². The molecule has 0 aromatic heterocycles. The number of ether oxygens (including phenoxy) is 2. The molecular weight excluding hydrogens is 362 g/mol.